The number of hydrogen-bond donors (Lipinski definition) is 1. The first-order valence-corrected chi connectivity index (χ1v) is 6.56. The summed E-state index contributed by atoms with van der Waals surface area (Å²) in [5, 5.41) is 8.25. The standard InChI is InChI=1S/C12H13BrClN3/c1-2-17-8-10(7-16-17)15-6-9-3-4-12(14)11(13)5-9/h3-5,7-8,15H,2,6H2,1H3. The molecule has 5 heteroatoms. The number of anilines is 1. The van der Waals surface area contributed by atoms with Crippen LogP contribution in [-0.2, 0) is 13.1 Å². The second-order valence-corrected chi connectivity index (χ2v) is 4.95. The molecule has 1 heterocycles. The summed E-state index contributed by atoms with van der Waals surface area (Å²) in [6, 6.07) is 5.90. The van der Waals surface area contributed by atoms with E-state index in [2.05, 4.69) is 33.3 Å². The molecule has 17 heavy (non-hydrogen) atoms. The maximum atomic E-state index is 5.94. The maximum absolute atomic E-state index is 5.94. The first kappa shape index (κ1) is 12.5. The molecule has 3 nitrogen and oxygen atoms in total. The summed E-state index contributed by atoms with van der Waals surface area (Å²) in [5.74, 6) is 0. The second kappa shape index (κ2) is 5.56. The number of halogens is 2. The average Bonchev–Trinajstić information content (AvgIpc) is 2.79. The Kier molecular flexibility index (Phi) is 4.07. The monoisotopic (exact) mass is 313 g/mol. The van der Waals surface area contributed by atoms with Gasteiger partial charge in [-0.3, -0.25) is 4.68 Å². The first-order chi connectivity index (χ1) is 8.19. The van der Waals surface area contributed by atoms with Crippen LogP contribution in [0.1, 0.15) is 12.5 Å². The molecule has 2 aromatic rings. The SMILES string of the molecule is CCn1cc(NCc2ccc(Cl)c(Br)c2)cn1. The Morgan fingerprint density at radius 2 is 2.29 bits per heavy atom. The van der Waals surface area contributed by atoms with E-state index in [0.29, 0.717) is 0 Å². The molecule has 0 amide bonds. The number of nitrogens with one attached hydrogen (secondary N) is 1. The summed E-state index contributed by atoms with van der Waals surface area (Å²) < 4.78 is 2.81. The lowest BCUT2D eigenvalue weighted by atomic mass is 10.2. The minimum Gasteiger partial charge on any atom is -0.378 e. The van der Waals surface area contributed by atoms with Crippen LogP contribution in [-0.4, -0.2) is 9.78 Å². The lowest BCUT2D eigenvalue weighted by Crippen LogP contribution is -1.98. The van der Waals surface area contributed by atoms with Gasteiger partial charge >= 0.3 is 0 Å². The van der Waals surface area contributed by atoms with Crippen LogP contribution in [0.3, 0.4) is 0 Å². The van der Waals surface area contributed by atoms with Gasteiger partial charge in [-0.25, -0.2) is 0 Å². The molecule has 90 valence electrons. The van der Waals surface area contributed by atoms with Crippen molar-refractivity contribution in [1.29, 1.82) is 0 Å². The van der Waals surface area contributed by atoms with Gasteiger partial charge in [0, 0.05) is 23.8 Å². The highest BCUT2D eigenvalue weighted by molar-refractivity contribution is 9.10. The highest BCUT2D eigenvalue weighted by atomic mass is 79.9. The number of aryl methyl sites for hydroxylation is 1. The van der Waals surface area contributed by atoms with Gasteiger partial charge in [-0.2, -0.15) is 5.10 Å². The molecule has 0 atom stereocenters. The zero-order valence-electron chi connectivity index (χ0n) is 9.45. The van der Waals surface area contributed by atoms with Gasteiger partial charge in [-0.15, -0.1) is 0 Å². The van der Waals surface area contributed by atoms with E-state index in [1.165, 1.54) is 5.56 Å². The molecule has 1 N–H and O–H groups in total. The van der Waals surface area contributed by atoms with Crippen LogP contribution < -0.4 is 5.32 Å². The molecule has 0 aliphatic heterocycles. The number of aromatic nitrogens is 2. The fourth-order valence-electron chi connectivity index (χ4n) is 1.48. The molecule has 1 aromatic carbocycles. The maximum Gasteiger partial charge on any atom is 0.0729 e. The van der Waals surface area contributed by atoms with Gasteiger partial charge in [0.05, 0.1) is 16.9 Å². The van der Waals surface area contributed by atoms with Crippen molar-refractivity contribution >= 4 is 33.2 Å². The summed E-state index contributed by atoms with van der Waals surface area (Å²) >= 11 is 9.35. The topological polar surface area (TPSA) is 29.9 Å². The molecule has 0 saturated carbocycles. The Bertz CT molecular complexity index is 510. The van der Waals surface area contributed by atoms with Crippen molar-refractivity contribution in [2.45, 2.75) is 20.0 Å². The predicted molar refractivity (Wildman–Crippen MR) is 74.4 cm³/mol. The number of hydrogen-bond acceptors (Lipinski definition) is 2. The average molecular weight is 315 g/mol. The van der Waals surface area contributed by atoms with E-state index in [0.717, 1.165) is 28.3 Å². The van der Waals surface area contributed by atoms with Crippen LogP contribution >= 0.6 is 27.5 Å². The van der Waals surface area contributed by atoms with Crippen molar-refractivity contribution in [3.63, 3.8) is 0 Å². The molecule has 0 saturated heterocycles. The third-order valence-electron chi connectivity index (χ3n) is 2.44. The van der Waals surface area contributed by atoms with E-state index < -0.39 is 0 Å². The number of nitrogens with zero attached hydrogens (tertiary/aromatic N) is 2. The van der Waals surface area contributed by atoms with Crippen LogP contribution in [0.2, 0.25) is 5.02 Å². The minimum absolute atomic E-state index is 0.729. The summed E-state index contributed by atoms with van der Waals surface area (Å²) in [6.45, 7) is 3.70. The molecule has 0 fully saturated rings. The molecule has 0 bridgehead atoms. The Hall–Kier alpha value is -1.00. The third-order valence-corrected chi connectivity index (χ3v) is 3.65. The summed E-state index contributed by atoms with van der Waals surface area (Å²) in [5.41, 5.74) is 2.20. The second-order valence-electron chi connectivity index (χ2n) is 3.69. The van der Waals surface area contributed by atoms with E-state index in [-0.39, 0.29) is 0 Å². The van der Waals surface area contributed by atoms with Crippen LogP contribution in [0.25, 0.3) is 0 Å². The highest BCUT2D eigenvalue weighted by Crippen LogP contribution is 2.23. The summed E-state index contributed by atoms with van der Waals surface area (Å²) in [7, 11) is 0. The molecular formula is C12H13BrClN3. The third kappa shape index (κ3) is 3.23. The zero-order chi connectivity index (χ0) is 12.3. The smallest absolute Gasteiger partial charge is 0.0729 e. The van der Waals surface area contributed by atoms with Crippen LogP contribution in [0.5, 0.6) is 0 Å². The van der Waals surface area contributed by atoms with Crippen molar-refractivity contribution in [2.75, 3.05) is 5.32 Å². The molecule has 0 aliphatic carbocycles. The zero-order valence-corrected chi connectivity index (χ0v) is 11.8. The molecule has 0 unspecified atom stereocenters. The molecule has 2 rings (SSSR count). The molecule has 1 aromatic heterocycles. The molecular weight excluding hydrogens is 302 g/mol. The van der Waals surface area contributed by atoms with Crippen LogP contribution in [0.4, 0.5) is 5.69 Å². The molecule has 0 aliphatic rings. The minimum atomic E-state index is 0.729. The van der Waals surface area contributed by atoms with Crippen LogP contribution in [0, 0.1) is 0 Å². The largest absolute Gasteiger partial charge is 0.378 e. The van der Waals surface area contributed by atoms with Crippen molar-refractivity contribution in [2.24, 2.45) is 0 Å². The molecule has 0 radical (unpaired) electrons. The van der Waals surface area contributed by atoms with Crippen molar-refractivity contribution in [3.8, 4) is 0 Å². The van der Waals surface area contributed by atoms with Crippen molar-refractivity contribution in [1.82, 2.24) is 9.78 Å². The van der Waals surface area contributed by atoms with Gasteiger partial charge in [-0.1, -0.05) is 17.7 Å². The fraction of sp³-hybridized carbons (Fsp3) is 0.250. The van der Waals surface area contributed by atoms with Gasteiger partial charge in [0.2, 0.25) is 0 Å². The van der Waals surface area contributed by atoms with E-state index in [1.54, 1.807) is 0 Å². The Labute approximate surface area is 114 Å². The van der Waals surface area contributed by atoms with Gasteiger partial charge < -0.3 is 5.32 Å². The fourth-order valence-corrected chi connectivity index (χ4v) is 2.03. The number of rotatable bonds is 4. The number of benzene rings is 1. The predicted octanol–water partition coefficient (Wildman–Crippen LogP) is 3.93. The first-order valence-electron chi connectivity index (χ1n) is 5.39. The highest BCUT2D eigenvalue weighted by Gasteiger charge is 2.00. The van der Waals surface area contributed by atoms with Gasteiger partial charge in [0.25, 0.3) is 0 Å². The Morgan fingerprint density at radius 1 is 1.47 bits per heavy atom. The Morgan fingerprint density at radius 3 is 2.94 bits per heavy atom. The van der Waals surface area contributed by atoms with Crippen molar-refractivity contribution in [3.05, 3.63) is 45.7 Å². The van der Waals surface area contributed by atoms with Gasteiger partial charge in [0.1, 0.15) is 0 Å². The lowest BCUT2D eigenvalue weighted by Gasteiger charge is -2.05. The quantitative estimate of drug-likeness (QED) is 0.926. The van der Waals surface area contributed by atoms with E-state index in [9.17, 15) is 0 Å². The van der Waals surface area contributed by atoms with Gasteiger partial charge in [-0.05, 0) is 40.5 Å². The lowest BCUT2D eigenvalue weighted by molar-refractivity contribution is 0.660. The van der Waals surface area contributed by atoms with E-state index in [4.69, 9.17) is 11.6 Å². The van der Waals surface area contributed by atoms with Gasteiger partial charge in [0.15, 0.2) is 0 Å². The van der Waals surface area contributed by atoms with E-state index >= 15 is 0 Å². The van der Waals surface area contributed by atoms with Crippen molar-refractivity contribution < 1.29 is 0 Å². The Balaban J connectivity index is 1.99. The summed E-state index contributed by atoms with van der Waals surface area (Å²) in [4.78, 5) is 0. The normalized spacial score (nSPS) is 10.5. The van der Waals surface area contributed by atoms with Crippen LogP contribution in [0.15, 0.2) is 35.1 Å². The summed E-state index contributed by atoms with van der Waals surface area (Å²) in [6.07, 6.45) is 3.82. The molecule has 0 spiro atoms. The van der Waals surface area contributed by atoms with E-state index in [1.807, 2.05) is 35.3 Å².